The third-order valence-electron chi connectivity index (χ3n) is 21.0. The zero-order valence-electron chi connectivity index (χ0n) is 52.6. The van der Waals surface area contributed by atoms with Gasteiger partial charge in [-0.15, -0.1) is 0 Å². The molecule has 90 heavy (non-hydrogen) atoms. The first-order valence-corrected chi connectivity index (χ1v) is 33.7. The van der Waals surface area contributed by atoms with Gasteiger partial charge in [0.05, 0.1) is 23.8 Å². The van der Waals surface area contributed by atoms with Crippen LogP contribution in [0.3, 0.4) is 0 Å². The summed E-state index contributed by atoms with van der Waals surface area (Å²) in [5.74, 6) is 0. The van der Waals surface area contributed by atoms with Gasteiger partial charge in [-0.2, -0.15) is 20.4 Å². The minimum absolute atomic E-state index is 0.149. The van der Waals surface area contributed by atoms with Crippen LogP contribution in [0.15, 0.2) is 141 Å². The van der Waals surface area contributed by atoms with Crippen molar-refractivity contribution < 1.29 is 0 Å². The highest BCUT2D eigenvalue weighted by atomic mass is 16.1. The predicted octanol–water partition coefficient (Wildman–Crippen LogP) is 10.3. The molecule has 8 heterocycles. The van der Waals surface area contributed by atoms with Crippen molar-refractivity contribution in [2.24, 2.45) is 0 Å². The maximum atomic E-state index is 11.4. The van der Waals surface area contributed by atoms with Crippen molar-refractivity contribution in [3.05, 3.63) is 208 Å². The molecule has 4 unspecified atom stereocenters. The van der Waals surface area contributed by atoms with Crippen molar-refractivity contribution in [2.45, 2.75) is 179 Å². The van der Waals surface area contributed by atoms with Crippen molar-refractivity contribution in [3.63, 3.8) is 0 Å². The Labute approximate surface area is 528 Å². The van der Waals surface area contributed by atoms with Gasteiger partial charge in [0.2, 0.25) is 0 Å². The van der Waals surface area contributed by atoms with Crippen LogP contribution in [0.25, 0.3) is 44.8 Å². The maximum absolute atomic E-state index is 11.4. The summed E-state index contributed by atoms with van der Waals surface area (Å²) in [6, 6.07) is 40.7. The standard InChI is InChI=1S/2C19H23N3O.2C18H21N3O/c1-13-3-2-10-22(13)17-7-6-14-11-16(5-4-15(14)12-17)18-8-9-19(23)21-20-18;1-13-3-2-8-22(13)18-7-6-14-9-15(4-5-16(14)10-18)17-11-19(23)21-20-12-17;22-18-8-7-17(19-20-18)15-4-3-14-12-16(6-5-13(14)11-15)21-9-1-2-10-21;22-18-11-16(12-19-20-18)14-3-4-15-10-17(6-5-13(15)9-14)21-7-1-2-8-21/h4-5,8-9,11,13,17H,2-3,6-7,10,12H2,1H3,(H,21,23);4-5,9,11-13,18H,2-3,6-8,10H2,1H3,(H,21,23);3-4,7-8,11,16H,1-2,5-6,9-10,12H2,(H,20,22);3-4,9,11-12,17H,1-2,5-8,10H2,(H,20,22)/t13-,17?;13-,18?;;/m11../s1. The number of aromatic nitrogens is 8. The van der Waals surface area contributed by atoms with Gasteiger partial charge in [0.25, 0.3) is 22.2 Å². The second-order valence-electron chi connectivity index (χ2n) is 26.7. The third kappa shape index (κ3) is 14.5. The molecular weight excluding hydrogens is 1120 g/mol. The van der Waals surface area contributed by atoms with Crippen LogP contribution in [-0.4, -0.2) is 136 Å². The minimum atomic E-state index is -0.158. The lowest BCUT2D eigenvalue weighted by atomic mass is 9.85. The van der Waals surface area contributed by atoms with Gasteiger partial charge < -0.3 is 9.80 Å². The van der Waals surface area contributed by atoms with Crippen LogP contribution in [0, 0.1) is 0 Å². The molecule has 4 aliphatic carbocycles. The fourth-order valence-corrected chi connectivity index (χ4v) is 16.1. The van der Waals surface area contributed by atoms with Crippen molar-refractivity contribution in [2.75, 3.05) is 39.3 Å². The average Bonchev–Trinajstić information content (AvgIpc) is 3.44. The number of nitrogens with one attached hydrogen (secondary N) is 4. The molecule has 0 amide bonds. The maximum Gasteiger partial charge on any atom is 0.264 e. The van der Waals surface area contributed by atoms with E-state index in [0.29, 0.717) is 12.1 Å². The minimum Gasteiger partial charge on any atom is -0.300 e. The van der Waals surface area contributed by atoms with Gasteiger partial charge in [-0.05, 0) is 261 Å². The van der Waals surface area contributed by atoms with E-state index in [1.165, 1.54) is 192 Å². The molecule has 0 spiro atoms. The number of hydrogen-bond acceptors (Lipinski definition) is 12. The van der Waals surface area contributed by atoms with Crippen LogP contribution in [0.4, 0.5) is 0 Å². The summed E-state index contributed by atoms with van der Waals surface area (Å²) in [4.78, 5) is 55.9. The monoisotopic (exact) mass is 1210 g/mol. The Morgan fingerprint density at radius 1 is 0.333 bits per heavy atom. The number of aryl methyl sites for hydroxylation is 4. The number of likely N-dealkylation sites (tertiary alicyclic amines) is 4. The topological polar surface area (TPSA) is 196 Å². The lowest BCUT2D eigenvalue weighted by molar-refractivity contribution is 0.174. The second-order valence-corrected chi connectivity index (χ2v) is 26.7. The Balaban J connectivity index is 0.000000110. The molecule has 8 aromatic rings. The van der Waals surface area contributed by atoms with Gasteiger partial charge in [0.1, 0.15) is 0 Å². The lowest BCUT2D eigenvalue weighted by Crippen LogP contribution is -2.41. The highest BCUT2D eigenvalue weighted by Crippen LogP contribution is 2.36. The van der Waals surface area contributed by atoms with Crippen LogP contribution < -0.4 is 22.2 Å². The quantitative estimate of drug-likeness (QED) is 0.113. The van der Waals surface area contributed by atoms with Crippen molar-refractivity contribution in [1.82, 2.24) is 60.4 Å². The van der Waals surface area contributed by atoms with Crippen molar-refractivity contribution in [1.29, 1.82) is 0 Å². The first kappa shape index (κ1) is 61.1. The molecule has 16 nitrogen and oxygen atoms in total. The van der Waals surface area contributed by atoms with E-state index in [0.717, 1.165) is 101 Å². The van der Waals surface area contributed by atoms with Crippen LogP contribution >= 0.6 is 0 Å². The van der Waals surface area contributed by atoms with Gasteiger partial charge in [0.15, 0.2) is 0 Å². The average molecular weight is 1210 g/mol. The van der Waals surface area contributed by atoms with Crippen LogP contribution in [0.2, 0.25) is 0 Å². The molecule has 6 atom stereocenters. The molecule has 4 fully saturated rings. The molecule has 4 aliphatic heterocycles. The van der Waals surface area contributed by atoms with E-state index in [9.17, 15) is 19.2 Å². The second kappa shape index (κ2) is 28.2. The molecule has 0 radical (unpaired) electrons. The van der Waals surface area contributed by atoms with Gasteiger partial charge >= 0.3 is 0 Å². The highest BCUT2D eigenvalue weighted by molar-refractivity contribution is 5.66. The summed E-state index contributed by atoms with van der Waals surface area (Å²) in [6.07, 6.45) is 28.5. The summed E-state index contributed by atoms with van der Waals surface area (Å²) in [6.45, 7) is 12.4. The Bertz CT molecular complexity index is 3990. The molecule has 468 valence electrons. The number of nitrogens with zero attached hydrogens (tertiary/aromatic N) is 8. The Morgan fingerprint density at radius 2 is 0.689 bits per heavy atom. The number of aromatic amines is 4. The van der Waals surface area contributed by atoms with Crippen molar-refractivity contribution in [3.8, 4) is 44.8 Å². The largest absolute Gasteiger partial charge is 0.300 e. The lowest BCUT2D eigenvalue weighted by Gasteiger charge is -2.35. The fraction of sp³-hybridized carbons (Fsp3) is 0.459. The van der Waals surface area contributed by atoms with E-state index in [2.05, 4.69) is 147 Å². The zero-order chi connectivity index (χ0) is 61.5. The van der Waals surface area contributed by atoms with E-state index in [4.69, 9.17) is 0 Å². The molecule has 4 aromatic carbocycles. The number of hydrogen-bond donors (Lipinski definition) is 4. The van der Waals surface area contributed by atoms with E-state index in [1.807, 2.05) is 0 Å². The fourth-order valence-electron chi connectivity index (χ4n) is 16.1. The molecule has 0 bridgehead atoms. The van der Waals surface area contributed by atoms with Crippen LogP contribution in [0.1, 0.15) is 135 Å². The molecular formula is C74H88N12O4. The van der Waals surface area contributed by atoms with Gasteiger partial charge in [-0.25, -0.2) is 20.4 Å². The van der Waals surface area contributed by atoms with E-state index < -0.39 is 0 Å². The van der Waals surface area contributed by atoms with Gasteiger partial charge in [0, 0.05) is 82.8 Å². The van der Waals surface area contributed by atoms with E-state index in [-0.39, 0.29) is 22.2 Å². The molecule has 4 aromatic heterocycles. The Morgan fingerprint density at radius 3 is 1.03 bits per heavy atom. The number of rotatable bonds is 8. The zero-order valence-corrected chi connectivity index (χ0v) is 52.6. The van der Waals surface area contributed by atoms with Gasteiger partial charge in [-0.3, -0.25) is 29.0 Å². The molecule has 0 saturated carbocycles. The normalized spacial score (nSPS) is 23.2. The summed E-state index contributed by atoms with van der Waals surface area (Å²) in [7, 11) is 0. The predicted molar refractivity (Wildman–Crippen MR) is 357 cm³/mol. The van der Waals surface area contributed by atoms with Gasteiger partial charge in [-0.1, -0.05) is 60.7 Å². The molecule has 16 rings (SSSR count). The Kier molecular flexibility index (Phi) is 19.1. The summed E-state index contributed by atoms with van der Waals surface area (Å²) < 4.78 is 0. The first-order chi connectivity index (χ1) is 44.0. The number of H-pyrrole nitrogens is 4. The van der Waals surface area contributed by atoms with E-state index >= 15 is 0 Å². The summed E-state index contributed by atoms with van der Waals surface area (Å²) in [5, 5.41) is 26.0. The molecule has 4 N–H and O–H groups in total. The number of fused-ring (bicyclic) bond motifs is 4. The molecule has 4 saturated heterocycles. The molecule has 8 aliphatic rings. The summed E-state index contributed by atoms with van der Waals surface area (Å²) in [5.41, 5.74) is 18.9. The SMILES string of the molecule is C[C@@H]1CCCN1C1CCc2cc(-c3ccc(=O)[nH]n3)ccc2C1.C[C@@H]1CCCN1C1CCc2cc(-c3cn[nH]c(=O)c3)ccc2C1.O=c1cc(-c2ccc3c(c2)CCC(N2CCCC2)C3)cn[nH]1.O=c1ccc(-c2ccc3c(c2)CCC(N2CCCC2)C3)n[nH]1. The smallest absolute Gasteiger partial charge is 0.264 e. The summed E-state index contributed by atoms with van der Waals surface area (Å²) >= 11 is 0. The Hall–Kier alpha value is -7.76. The first-order valence-electron chi connectivity index (χ1n) is 33.7. The third-order valence-corrected chi connectivity index (χ3v) is 21.0. The van der Waals surface area contributed by atoms with Crippen LogP contribution in [0.5, 0.6) is 0 Å². The van der Waals surface area contributed by atoms with E-state index in [1.54, 1.807) is 36.7 Å². The van der Waals surface area contributed by atoms with Crippen molar-refractivity contribution >= 4 is 0 Å². The van der Waals surface area contributed by atoms with Crippen LogP contribution in [-0.2, 0) is 51.4 Å². The highest BCUT2D eigenvalue weighted by Gasteiger charge is 2.33. The molecule has 16 heteroatoms. The number of benzene rings is 4.